The largest absolute Gasteiger partial charge is 0.508 e. The van der Waals surface area contributed by atoms with Crippen molar-refractivity contribution in [2.75, 3.05) is 14.2 Å². The number of nitrogens with one attached hydrogen (secondary N) is 1. The molecule has 3 rings (SSSR count). The molecule has 6 nitrogen and oxygen atoms in total. The number of hydrogen-bond acceptors (Lipinski definition) is 4. The van der Waals surface area contributed by atoms with Gasteiger partial charge in [0.2, 0.25) is 5.96 Å². The Morgan fingerprint density at radius 3 is 2.48 bits per heavy atom. The summed E-state index contributed by atoms with van der Waals surface area (Å²) in [6, 6.07) is 10.2. The Labute approximate surface area is 171 Å². The molecule has 29 heavy (non-hydrogen) atoms. The van der Waals surface area contributed by atoms with Gasteiger partial charge in [0.25, 0.3) is 0 Å². The van der Waals surface area contributed by atoms with Gasteiger partial charge in [0.1, 0.15) is 17.2 Å². The average molecular weight is 393 g/mol. The number of rotatable bonds is 5. The first-order chi connectivity index (χ1) is 13.7. The predicted molar refractivity (Wildman–Crippen MR) is 115 cm³/mol. The van der Waals surface area contributed by atoms with E-state index >= 15 is 0 Å². The highest BCUT2D eigenvalue weighted by Crippen LogP contribution is 2.42. The molecule has 0 bridgehead atoms. The zero-order chi connectivity index (χ0) is 21.3. The molecule has 0 aliphatic carbocycles. The number of nitrogens with zero attached hydrogens (tertiary/aromatic N) is 2. The quantitative estimate of drug-likeness (QED) is 0.658. The van der Waals surface area contributed by atoms with Crippen LogP contribution in [0.15, 0.2) is 54.0 Å². The van der Waals surface area contributed by atoms with Crippen molar-refractivity contribution < 1.29 is 14.9 Å². The van der Waals surface area contributed by atoms with Crippen LogP contribution >= 0.6 is 0 Å². The highest BCUT2D eigenvalue weighted by molar-refractivity contribution is 6.08. The van der Waals surface area contributed by atoms with E-state index in [2.05, 4.69) is 11.6 Å². The molecule has 0 aromatic heterocycles. The maximum Gasteiger partial charge on any atom is 0.218 e. The fraction of sp³-hybridized carbons (Fsp3) is 0.304. The van der Waals surface area contributed by atoms with Crippen molar-refractivity contribution in [2.45, 2.75) is 31.7 Å². The highest BCUT2D eigenvalue weighted by Gasteiger charge is 2.32. The Morgan fingerprint density at radius 2 is 1.90 bits per heavy atom. The number of aromatic hydroxyl groups is 2. The van der Waals surface area contributed by atoms with Crippen molar-refractivity contribution in [2.24, 2.45) is 4.99 Å². The Kier molecular flexibility index (Phi) is 5.38. The Balaban J connectivity index is 2.10. The normalized spacial score (nSPS) is 17.1. The summed E-state index contributed by atoms with van der Waals surface area (Å²) in [6.45, 7) is 7.87. The van der Waals surface area contributed by atoms with Gasteiger partial charge in [0, 0.05) is 36.1 Å². The van der Waals surface area contributed by atoms with E-state index in [1.54, 1.807) is 48.4 Å². The van der Waals surface area contributed by atoms with Crippen LogP contribution in [0.25, 0.3) is 0 Å². The molecule has 2 aromatic carbocycles. The minimum absolute atomic E-state index is 0.143. The summed E-state index contributed by atoms with van der Waals surface area (Å²) in [6.07, 6.45) is 2.35. The zero-order valence-electron chi connectivity index (χ0n) is 17.2. The molecule has 6 heteroatoms. The number of guanidine groups is 1. The van der Waals surface area contributed by atoms with Crippen LogP contribution in [0.4, 0.5) is 0 Å². The van der Waals surface area contributed by atoms with Crippen LogP contribution in [0.1, 0.15) is 43.0 Å². The summed E-state index contributed by atoms with van der Waals surface area (Å²) in [7, 11) is 3.40. The van der Waals surface area contributed by atoms with Crippen LogP contribution < -0.4 is 4.74 Å². The van der Waals surface area contributed by atoms with E-state index in [4.69, 9.17) is 10.1 Å². The third kappa shape index (κ3) is 3.83. The second-order valence-electron chi connectivity index (χ2n) is 7.80. The van der Waals surface area contributed by atoms with Gasteiger partial charge in [-0.05, 0) is 35.9 Å². The van der Waals surface area contributed by atoms with Gasteiger partial charge in [-0.3, -0.25) is 5.41 Å². The molecule has 152 valence electrons. The lowest BCUT2D eigenvalue weighted by atomic mass is 9.81. The first kappa shape index (κ1) is 20.5. The van der Waals surface area contributed by atoms with E-state index in [1.165, 1.54) is 0 Å². The second kappa shape index (κ2) is 7.62. The molecule has 0 saturated carbocycles. The zero-order valence-corrected chi connectivity index (χ0v) is 17.2. The highest BCUT2D eigenvalue weighted by atomic mass is 16.5. The average Bonchev–Trinajstić information content (AvgIpc) is 2.70. The number of benzene rings is 2. The van der Waals surface area contributed by atoms with E-state index in [1.807, 2.05) is 27.0 Å². The molecule has 1 aliphatic rings. The third-order valence-electron chi connectivity index (χ3n) is 5.54. The number of hydrogen-bond donors (Lipinski definition) is 3. The van der Waals surface area contributed by atoms with Crippen molar-refractivity contribution >= 4 is 11.7 Å². The topological polar surface area (TPSA) is 89.1 Å². The van der Waals surface area contributed by atoms with E-state index in [-0.39, 0.29) is 23.5 Å². The summed E-state index contributed by atoms with van der Waals surface area (Å²) in [5, 5.41) is 28.5. The predicted octanol–water partition coefficient (Wildman–Crippen LogP) is 4.37. The monoisotopic (exact) mass is 393 g/mol. The lowest BCUT2D eigenvalue weighted by Gasteiger charge is -2.35. The molecule has 1 heterocycles. The summed E-state index contributed by atoms with van der Waals surface area (Å²) >= 11 is 0. The van der Waals surface area contributed by atoms with E-state index < -0.39 is 5.41 Å². The van der Waals surface area contributed by atoms with Gasteiger partial charge in [0.15, 0.2) is 0 Å². The molecule has 1 aliphatic heterocycles. The van der Waals surface area contributed by atoms with Crippen molar-refractivity contribution in [3.8, 4) is 17.2 Å². The molecule has 0 saturated heterocycles. The van der Waals surface area contributed by atoms with Crippen molar-refractivity contribution in [3.05, 3.63) is 65.7 Å². The summed E-state index contributed by atoms with van der Waals surface area (Å²) in [5.74, 6) is 1.04. The fourth-order valence-corrected chi connectivity index (χ4v) is 3.52. The van der Waals surface area contributed by atoms with Gasteiger partial charge in [-0.15, -0.1) is 6.58 Å². The van der Waals surface area contributed by atoms with Crippen molar-refractivity contribution in [1.82, 2.24) is 4.90 Å². The van der Waals surface area contributed by atoms with Crippen LogP contribution in [0.3, 0.4) is 0 Å². The summed E-state index contributed by atoms with van der Waals surface area (Å²) in [5.41, 5.74) is 2.80. The van der Waals surface area contributed by atoms with Crippen LogP contribution in [-0.4, -0.2) is 40.9 Å². The van der Waals surface area contributed by atoms with E-state index in [0.717, 1.165) is 22.4 Å². The Hall–Kier alpha value is -3.28. The minimum atomic E-state index is -0.431. The Morgan fingerprint density at radius 1 is 1.24 bits per heavy atom. The third-order valence-corrected chi connectivity index (χ3v) is 5.54. The van der Waals surface area contributed by atoms with Crippen LogP contribution in [0.2, 0.25) is 0 Å². The van der Waals surface area contributed by atoms with Gasteiger partial charge in [0.05, 0.1) is 18.9 Å². The molecule has 0 spiro atoms. The molecular weight excluding hydrogens is 366 g/mol. The number of ether oxygens (including phenoxy) is 1. The fourth-order valence-electron chi connectivity index (χ4n) is 3.52. The van der Waals surface area contributed by atoms with Gasteiger partial charge in [-0.1, -0.05) is 19.9 Å². The van der Waals surface area contributed by atoms with Gasteiger partial charge in [-0.25, -0.2) is 4.99 Å². The summed E-state index contributed by atoms with van der Waals surface area (Å²) < 4.78 is 5.57. The second-order valence-corrected chi connectivity index (χ2v) is 7.80. The van der Waals surface area contributed by atoms with Crippen LogP contribution in [0, 0.1) is 5.41 Å². The standard InChI is InChI=1S/C23H27N3O3/c1-6-23(2,3)17-11-16(21(29-5)13-20(17)28)19-12-18(25-22(24)26(19)4)14-7-9-15(27)10-8-14/h6-11,13,19,24,27-28H,1,12H2,2-5H3. The van der Waals surface area contributed by atoms with Crippen molar-refractivity contribution in [3.63, 3.8) is 0 Å². The van der Waals surface area contributed by atoms with Gasteiger partial charge < -0.3 is 19.8 Å². The Bertz CT molecular complexity index is 978. The first-order valence-electron chi connectivity index (χ1n) is 9.41. The van der Waals surface area contributed by atoms with Gasteiger partial charge in [-0.2, -0.15) is 0 Å². The van der Waals surface area contributed by atoms with Crippen LogP contribution in [-0.2, 0) is 5.41 Å². The molecule has 2 aromatic rings. The number of allylic oxidation sites excluding steroid dienone is 1. The molecule has 0 radical (unpaired) electrons. The van der Waals surface area contributed by atoms with Gasteiger partial charge >= 0.3 is 0 Å². The number of phenols is 2. The minimum Gasteiger partial charge on any atom is -0.508 e. The molecular formula is C23H27N3O3. The molecule has 1 atom stereocenters. The number of phenolic OH excluding ortho intramolecular Hbond substituents is 2. The molecule has 3 N–H and O–H groups in total. The van der Waals surface area contributed by atoms with E-state index in [0.29, 0.717) is 12.2 Å². The molecule has 0 amide bonds. The molecule has 1 unspecified atom stereocenters. The van der Waals surface area contributed by atoms with Crippen molar-refractivity contribution in [1.29, 1.82) is 5.41 Å². The number of methoxy groups -OCH3 is 1. The maximum atomic E-state index is 10.6. The SMILES string of the molecule is C=CC(C)(C)c1cc(C2CC(c3ccc(O)cc3)=NC(=N)N2C)c(OC)cc1O. The lowest BCUT2D eigenvalue weighted by Crippen LogP contribution is -2.36. The smallest absolute Gasteiger partial charge is 0.218 e. The molecule has 0 fully saturated rings. The van der Waals surface area contributed by atoms with Crippen LogP contribution in [0.5, 0.6) is 17.2 Å². The maximum absolute atomic E-state index is 10.6. The van der Waals surface area contributed by atoms with E-state index in [9.17, 15) is 10.2 Å². The lowest BCUT2D eigenvalue weighted by molar-refractivity contribution is 0.342. The summed E-state index contributed by atoms with van der Waals surface area (Å²) in [4.78, 5) is 6.23. The first-order valence-corrected chi connectivity index (χ1v) is 9.41. The number of aliphatic imine (C=N–C) groups is 1.